The Balaban J connectivity index is 1.83. The third kappa shape index (κ3) is 2.30. The lowest BCUT2D eigenvalue weighted by Gasteiger charge is -2.27. The van der Waals surface area contributed by atoms with Gasteiger partial charge < -0.3 is 4.74 Å². The molecule has 1 spiro atoms. The maximum Gasteiger partial charge on any atom is 0.338 e. The van der Waals surface area contributed by atoms with E-state index in [9.17, 15) is 9.59 Å². The van der Waals surface area contributed by atoms with E-state index in [-0.39, 0.29) is 11.7 Å². The number of ether oxygens (including phenoxy) is 1. The fourth-order valence-corrected chi connectivity index (χ4v) is 4.11. The molecule has 0 bridgehead atoms. The molecule has 26 heavy (non-hydrogen) atoms. The van der Waals surface area contributed by atoms with E-state index in [1.807, 2.05) is 50.2 Å². The van der Waals surface area contributed by atoms with E-state index in [1.54, 1.807) is 0 Å². The monoisotopic (exact) mass is 348 g/mol. The van der Waals surface area contributed by atoms with Crippen molar-refractivity contribution in [2.45, 2.75) is 31.7 Å². The van der Waals surface area contributed by atoms with E-state index in [2.05, 4.69) is 10.2 Å². The third-order valence-corrected chi connectivity index (χ3v) is 5.44. The SMILES string of the molecule is COC(=O)c1cc(C)ccc1C1CN=NC12Cc1ccc(C)cc1C2=O. The lowest BCUT2D eigenvalue weighted by molar-refractivity contribution is 0.0597. The summed E-state index contributed by atoms with van der Waals surface area (Å²) in [7, 11) is 1.37. The Labute approximate surface area is 152 Å². The average molecular weight is 348 g/mol. The maximum absolute atomic E-state index is 13.3. The fraction of sp³-hybridized carbons (Fsp3) is 0.333. The lowest BCUT2D eigenvalue weighted by atomic mass is 9.76. The van der Waals surface area contributed by atoms with Crippen LogP contribution in [0.15, 0.2) is 46.6 Å². The maximum atomic E-state index is 13.3. The molecule has 0 saturated heterocycles. The predicted octanol–water partition coefficient (Wildman–Crippen LogP) is 3.82. The van der Waals surface area contributed by atoms with Gasteiger partial charge in [-0.05, 0) is 37.1 Å². The zero-order valence-electron chi connectivity index (χ0n) is 15.1. The van der Waals surface area contributed by atoms with Gasteiger partial charge in [-0.25, -0.2) is 4.79 Å². The van der Waals surface area contributed by atoms with Gasteiger partial charge in [0.25, 0.3) is 0 Å². The van der Waals surface area contributed by atoms with Gasteiger partial charge in [0.2, 0.25) is 0 Å². The van der Waals surface area contributed by atoms with Crippen LogP contribution in [0.1, 0.15) is 48.9 Å². The summed E-state index contributed by atoms with van der Waals surface area (Å²) in [6.07, 6.45) is 0.518. The molecule has 2 aromatic carbocycles. The van der Waals surface area contributed by atoms with Crippen molar-refractivity contribution in [1.29, 1.82) is 0 Å². The molecule has 0 amide bonds. The standard InChI is InChI=1S/C21H20N2O3/c1-12-4-6-14-10-21(19(24)16(14)8-12)18(11-22-23-21)15-7-5-13(2)9-17(15)20(25)26-3/h4-9,18H,10-11H2,1-3H3. The highest BCUT2D eigenvalue weighted by Crippen LogP contribution is 2.47. The second-order valence-electron chi connectivity index (χ2n) is 7.15. The van der Waals surface area contributed by atoms with Gasteiger partial charge in [-0.3, -0.25) is 4.79 Å². The molecule has 0 aromatic heterocycles. The number of hydrogen-bond donors (Lipinski definition) is 0. The number of methoxy groups -OCH3 is 1. The Morgan fingerprint density at radius 3 is 2.65 bits per heavy atom. The minimum atomic E-state index is -0.950. The molecule has 0 saturated carbocycles. The van der Waals surface area contributed by atoms with Gasteiger partial charge in [-0.1, -0.05) is 35.4 Å². The first-order chi connectivity index (χ1) is 12.5. The van der Waals surface area contributed by atoms with Crippen molar-refractivity contribution in [3.8, 4) is 0 Å². The molecule has 2 atom stereocenters. The number of fused-ring (bicyclic) bond motifs is 1. The summed E-state index contributed by atoms with van der Waals surface area (Å²) in [5.41, 5.74) is 4.06. The molecule has 1 aliphatic carbocycles. The normalized spacial score (nSPS) is 23.5. The number of benzene rings is 2. The molecular weight excluding hydrogens is 328 g/mol. The van der Waals surface area contributed by atoms with Crippen molar-refractivity contribution in [1.82, 2.24) is 0 Å². The second kappa shape index (κ2) is 5.87. The fourth-order valence-electron chi connectivity index (χ4n) is 4.11. The van der Waals surface area contributed by atoms with Crippen LogP contribution in [-0.2, 0) is 11.2 Å². The van der Waals surface area contributed by atoms with Crippen LogP contribution in [0.4, 0.5) is 0 Å². The summed E-state index contributed by atoms with van der Waals surface area (Å²) >= 11 is 0. The van der Waals surface area contributed by atoms with E-state index in [4.69, 9.17) is 4.74 Å². The second-order valence-corrected chi connectivity index (χ2v) is 7.15. The topological polar surface area (TPSA) is 68.1 Å². The van der Waals surface area contributed by atoms with E-state index in [1.165, 1.54) is 7.11 Å². The van der Waals surface area contributed by atoms with Gasteiger partial charge in [-0.2, -0.15) is 10.2 Å². The largest absolute Gasteiger partial charge is 0.465 e. The van der Waals surface area contributed by atoms with Crippen LogP contribution < -0.4 is 0 Å². The highest BCUT2D eigenvalue weighted by atomic mass is 16.5. The molecule has 5 heteroatoms. The van der Waals surface area contributed by atoms with Gasteiger partial charge >= 0.3 is 5.97 Å². The lowest BCUT2D eigenvalue weighted by Crippen LogP contribution is -2.39. The van der Waals surface area contributed by atoms with Gasteiger partial charge in [0.05, 0.1) is 19.2 Å². The Bertz CT molecular complexity index is 964. The van der Waals surface area contributed by atoms with Crippen molar-refractivity contribution in [2.24, 2.45) is 10.2 Å². The predicted molar refractivity (Wildman–Crippen MR) is 96.9 cm³/mol. The molecular formula is C21H20N2O3. The Morgan fingerprint density at radius 2 is 1.88 bits per heavy atom. The Kier molecular flexibility index (Phi) is 3.75. The molecule has 2 unspecified atom stereocenters. The number of Topliss-reactive ketones (excluding diaryl/α,β-unsaturated/α-hetero) is 1. The van der Waals surface area contributed by atoms with Crippen LogP contribution in [0.2, 0.25) is 0 Å². The summed E-state index contributed by atoms with van der Waals surface area (Å²) in [4.78, 5) is 25.6. The zero-order chi connectivity index (χ0) is 18.5. The molecule has 1 aliphatic heterocycles. The minimum absolute atomic E-state index is 0.00107. The molecule has 1 heterocycles. The minimum Gasteiger partial charge on any atom is -0.465 e. The highest BCUT2D eigenvalue weighted by Gasteiger charge is 2.55. The molecule has 2 aliphatic rings. The average Bonchev–Trinajstić information content (AvgIpc) is 3.17. The first-order valence-electron chi connectivity index (χ1n) is 8.68. The van der Waals surface area contributed by atoms with Gasteiger partial charge in [-0.15, -0.1) is 0 Å². The van der Waals surface area contributed by atoms with Crippen molar-refractivity contribution in [3.05, 3.63) is 69.8 Å². The Morgan fingerprint density at radius 1 is 1.15 bits per heavy atom. The quantitative estimate of drug-likeness (QED) is 0.775. The van der Waals surface area contributed by atoms with E-state index in [0.29, 0.717) is 18.5 Å². The number of rotatable bonds is 2. The van der Waals surface area contributed by atoms with Crippen LogP contribution >= 0.6 is 0 Å². The van der Waals surface area contributed by atoms with Gasteiger partial charge in [0.1, 0.15) is 0 Å². The van der Waals surface area contributed by atoms with Crippen molar-refractivity contribution < 1.29 is 14.3 Å². The molecule has 5 nitrogen and oxygen atoms in total. The number of azo groups is 1. The van der Waals surface area contributed by atoms with Crippen LogP contribution in [-0.4, -0.2) is 30.9 Å². The number of carbonyl (C=O) groups is 2. The van der Waals surface area contributed by atoms with Crippen LogP contribution in [0.3, 0.4) is 0 Å². The van der Waals surface area contributed by atoms with Gasteiger partial charge in [0, 0.05) is 17.9 Å². The number of esters is 1. The summed E-state index contributed by atoms with van der Waals surface area (Å²) in [5, 5.41) is 8.66. The molecule has 0 radical (unpaired) electrons. The smallest absolute Gasteiger partial charge is 0.338 e. The summed E-state index contributed by atoms with van der Waals surface area (Å²) in [5.74, 6) is -0.666. The number of hydrogen-bond acceptors (Lipinski definition) is 5. The number of carbonyl (C=O) groups excluding carboxylic acids is 2. The zero-order valence-corrected chi connectivity index (χ0v) is 15.1. The summed E-state index contributed by atoms with van der Waals surface area (Å²) < 4.78 is 4.96. The first kappa shape index (κ1) is 16.6. The molecule has 4 rings (SSSR count). The van der Waals surface area contributed by atoms with E-state index in [0.717, 1.165) is 27.8 Å². The van der Waals surface area contributed by atoms with E-state index < -0.39 is 11.5 Å². The molecule has 0 fully saturated rings. The number of ketones is 1. The molecule has 132 valence electrons. The Hall–Kier alpha value is -2.82. The summed E-state index contributed by atoms with van der Waals surface area (Å²) in [6, 6.07) is 11.6. The molecule has 2 aromatic rings. The van der Waals surface area contributed by atoms with Gasteiger partial charge in [0.15, 0.2) is 11.3 Å². The highest BCUT2D eigenvalue weighted by molar-refractivity contribution is 6.09. The summed E-state index contributed by atoms with van der Waals surface area (Å²) in [6.45, 7) is 4.29. The van der Waals surface area contributed by atoms with Crippen LogP contribution in [0.25, 0.3) is 0 Å². The number of nitrogens with zero attached hydrogens (tertiary/aromatic N) is 2. The van der Waals surface area contributed by atoms with Crippen LogP contribution in [0, 0.1) is 13.8 Å². The molecule has 0 N–H and O–H groups in total. The number of aryl methyl sites for hydroxylation is 2. The van der Waals surface area contributed by atoms with Crippen molar-refractivity contribution >= 4 is 11.8 Å². The van der Waals surface area contributed by atoms with Crippen molar-refractivity contribution in [3.63, 3.8) is 0 Å². The van der Waals surface area contributed by atoms with Crippen LogP contribution in [0.5, 0.6) is 0 Å². The third-order valence-electron chi connectivity index (χ3n) is 5.44. The van der Waals surface area contributed by atoms with Crippen molar-refractivity contribution in [2.75, 3.05) is 13.7 Å². The van der Waals surface area contributed by atoms with E-state index >= 15 is 0 Å². The first-order valence-corrected chi connectivity index (χ1v) is 8.68.